The number of nitrogens with two attached hydrogens (primary N) is 1. The molecule has 1 aromatic rings. The van der Waals surface area contributed by atoms with Crippen LogP contribution in [0.3, 0.4) is 0 Å². The molecule has 2 bridgehead atoms. The van der Waals surface area contributed by atoms with E-state index in [9.17, 15) is 9.59 Å². The smallest absolute Gasteiger partial charge is 0.239 e. The van der Waals surface area contributed by atoms with Crippen LogP contribution in [0.25, 0.3) is 0 Å². The molecule has 6 heteroatoms. The molecule has 3 N–H and O–H groups in total. The number of primary amides is 1. The standard InChI is InChI=1S/C25H37N3O3/c1-16-22-13-19-8-9-20(31-3)14-21(19)25(16,11-12-28(22)15-18-6-7-18)10-4-5-23(29)27-17(2)24(26)30/h8-9,14,16-18,22H,4-7,10-13,15H2,1-3H3,(H2,26,30)(H,27,29)/t16-,17?,22?,25-/m0/s1. The zero-order chi connectivity index (χ0) is 22.2. The molecule has 2 unspecified atom stereocenters. The molecule has 1 aromatic carbocycles. The number of piperidine rings is 1. The average molecular weight is 428 g/mol. The first-order valence-electron chi connectivity index (χ1n) is 11.8. The van der Waals surface area contributed by atoms with Crippen LogP contribution in [0.5, 0.6) is 5.75 Å². The molecule has 4 rings (SSSR count). The number of nitrogens with zero attached hydrogens (tertiary/aromatic N) is 1. The Labute approximate surface area is 185 Å². The summed E-state index contributed by atoms with van der Waals surface area (Å²) in [5.74, 6) is 1.75. The number of carbonyl (C=O) groups is 2. The first-order valence-corrected chi connectivity index (χ1v) is 11.8. The van der Waals surface area contributed by atoms with Gasteiger partial charge in [0.15, 0.2) is 0 Å². The number of rotatable bonds is 9. The molecule has 31 heavy (non-hydrogen) atoms. The third-order valence-corrected chi connectivity index (χ3v) is 8.07. The summed E-state index contributed by atoms with van der Waals surface area (Å²) in [6.45, 7) is 6.42. The predicted octanol–water partition coefficient (Wildman–Crippen LogP) is 2.77. The van der Waals surface area contributed by atoms with Crippen LogP contribution >= 0.6 is 0 Å². The second kappa shape index (κ2) is 8.81. The van der Waals surface area contributed by atoms with Gasteiger partial charge in [-0.3, -0.25) is 14.5 Å². The summed E-state index contributed by atoms with van der Waals surface area (Å²) in [4.78, 5) is 26.3. The van der Waals surface area contributed by atoms with Gasteiger partial charge < -0.3 is 15.8 Å². The maximum Gasteiger partial charge on any atom is 0.239 e. The van der Waals surface area contributed by atoms with Crippen LogP contribution in [-0.4, -0.2) is 49.0 Å². The summed E-state index contributed by atoms with van der Waals surface area (Å²) in [6.07, 6.45) is 7.18. The first kappa shape index (κ1) is 22.1. The van der Waals surface area contributed by atoms with Crippen LogP contribution in [0.2, 0.25) is 0 Å². The van der Waals surface area contributed by atoms with Crippen molar-refractivity contribution in [1.82, 2.24) is 10.2 Å². The number of hydrogen-bond acceptors (Lipinski definition) is 4. The topological polar surface area (TPSA) is 84.7 Å². The minimum Gasteiger partial charge on any atom is -0.497 e. The molecule has 0 spiro atoms. The molecule has 3 aliphatic rings. The molecule has 6 nitrogen and oxygen atoms in total. The first-order chi connectivity index (χ1) is 14.8. The van der Waals surface area contributed by atoms with Gasteiger partial charge >= 0.3 is 0 Å². The van der Waals surface area contributed by atoms with Gasteiger partial charge in [-0.1, -0.05) is 13.0 Å². The second-order valence-electron chi connectivity index (χ2n) is 9.97. The Morgan fingerprint density at radius 3 is 2.81 bits per heavy atom. The number of carbonyl (C=O) groups excluding carboxylic acids is 2. The molecule has 0 radical (unpaired) electrons. The fourth-order valence-corrected chi connectivity index (χ4v) is 5.95. The molecular weight excluding hydrogens is 390 g/mol. The molecule has 1 aliphatic heterocycles. The van der Waals surface area contributed by atoms with Crippen molar-refractivity contribution in [2.24, 2.45) is 17.6 Å². The number of fused-ring (bicyclic) bond motifs is 4. The third-order valence-electron chi connectivity index (χ3n) is 8.07. The highest BCUT2D eigenvalue weighted by Gasteiger charge is 2.51. The Balaban J connectivity index is 1.53. The van der Waals surface area contributed by atoms with Gasteiger partial charge in [-0.2, -0.15) is 0 Å². The van der Waals surface area contributed by atoms with Gasteiger partial charge in [0.05, 0.1) is 7.11 Å². The molecule has 1 saturated heterocycles. The zero-order valence-electron chi connectivity index (χ0n) is 19.2. The van der Waals surface area contributed by atoms with Crippen molar-refractivity contribution in [3.8, 4) is 5.75 Å². The Bertz CT molecular complexity index is 837. The fraction of sp³-hybridized carbons (Fsp3) is 0.680. The van der Waals surface area contributed by atoms with E-state index in [2.05, 4.69) is 35.3 Å². The average Bonchev–Trinajstić information content (AvgIpc) is 3.55. The van der Waals surface area contributed by atoms with Crippen LogP contribution < -0.4 is 15.8 Å². The number of ether oxygens (including phenoxy) is 1. The highest BCUT2D eigenvalue weighted by atomic mass is 16.5. The Hall–Kier alpha value is -2.08. The predicted molar refractivity (Wildman–Crippen MR) is 121 cm³/mol. The van der Waals surface area contributed by atoms with E-state index in [1.807, 2.05) is 0 Å². The number of nitrogens with one attached hydrogen (secondary N) is 1. The van der Waals surface area contributed by atoms with Gasteiger partial charge in [0, 0.05) is 24.4 Å². The number of hydrogen-bond donors (Lipinski definition) is 2. The zero-order valence-corrected chi connectivity index (χ0v) is 19.2. The molecule has 1 heterocycles. The minimum atomic E-state index is -0.626. The molecule has 2 aliphatic carbocycles. The van der Waals surface area contributed by atoms with E-state index in [-0.39, 0.29) is 11.3 Å². The van der Waals surface area contributed by atoms with E-state index < -0.39 is 11.9 Å². The van der Waals surface area contributed by atoms with Crippen molar-refractivity contribution in [3.05, 3.63) is 29.3 Å². The molecule has 1 saturated carbocycles. The van der Waals surface area contributed by atoms with E-state index in [1.165, 1.54) is 30.5 Å². The maximum atomic E-state index is 12.3. The van der Waals surface area contributed by atoms with Crippen molar-refractivity contribution in [1.29, 1.82) is 0 Å². The van der Waals surface area contributed by atoms with E-state index >= 15 is 0 Å². The van der Waals surface area contributed by atoms with E-state index in [0.717, 1.165) is 43.9 Å². The Morgan fingerprint density at radius 2 is 2.13 bits per heavy atom. The van der Waals surface area contributed by atoms with Crippen molar-refractivity contribution in [2.45, 2.75) is 76.3 Å². The van der Waals surface area contributed by atoms with Crippen LogP contribution in [-0.2, 0) is 21.4 Å². The van der Waals surface area contributed by atoms with Gasteiger partial charge in [0.2, 0.25) is 11.8 Å². The summed E-state index contributed by atoms with van der Waals surface area (Å²) >= 11 is 0. The molecule has 170 valence electrons. The molecule has 2 fully saturated rings. The summed E-state index contributed by atoms with van der Waals surface area (Å²) in [6, 6.07) is 6.53. The summed E-state index contributed by atoms with van der Waals surface area (Å²) in [7, 11) is 1.73. The van der Waals surface area contributed by atoms with Crippen LogP contribution in [0, 0.1) is 11.8 Å². The van der Waals surface area contributed by atoms with Crippen molar-refractivity contribution >= 4 is 11.8 Å². The van der Waals surface area contributed by atoms with Crippen molar-refractivity contribution in [2.75, 3.05) is 20.2 Å². The lowest BCUT2D eigenvalue weighted by Crippen LogP contribution is -2.59. The Kier molecular flexibility index (Phi) is 6.29. The molecule has 4 atom stereocenters. The highest BCUT2D eigenvalue weighted by Crippen LogP contribution is 2.52. The van der Waals surface area contributed by atoms with E-state index in [1.54, 1.807) is 14.0 Å². The van der Waals surface area contributed by atoms with Crippen LogP contribution in [0.4, 0.5) is 0 Å². The molecular formula is C25H37N3O3. The summed E-state index contributed by atoms with van der Waals surface area (Å²) in [5.41, 5.74) is 8.21. The normalized spacial score (nSPS) is 28.5. The number of methoxy groups -OCH3 is 1. The van der Waals surface area contributed by atoms with Crippen molar-refractivity contribution in [3.63, 3.8) is 0 Å². The van der Waals surface area contributed by atoms with E-state index in [4.69, 9.17) is 10.5 Å². The molecule has 0 aromatic heterocycles. The van der Waals surface area contributed by atoms with Gasteiger partial charge in [0.1, 0.15) is 11.8 Å². The largest absolute Gasteiger partial charge is 0.497 e. The quantitative estimate of drug-likeness (QED) is 0.635. The summed E-state index contributed by atoms with van der Waals surface area (Å²) < 4.78 is 5.57. The highest BCUT2D eigenvalue weighted by molar-refractivity contribution is 5.86. The van der Waals surface area contributed by atoms with Gasteiger partial charge in [-0.05, 0) is 87.1 Å². The Morgan fingerprint density at radius 1 is 1.35 bits per heavy atom. The fourth-order valence-electron chi connectivity index (χ4n) is 5.95. The third kappa shape index (κ3) is 4.45. The second-order valence-corrected chi connectivity index (χ2v) is 9.97. The minimum absolute atomic E-state index is 0.0718. The van der Waals surface area contributed by atoms with Gasteiger partial charge in [-0.15, -0.1) is 0 Å². The lowest BCUT2D eigenvalue weighted by Gasteiger charge is -2.56. The number of benzene rings is 1. The number of likely N-dealkylation sites (tertiary alicyclic amines) is 1. The van der Waals surface area contributed by atoms with Gasteiger partial charge in [-0.25, -0.2) is 0 Å². The SMILES string of the molecule is COc1ccc2c(c1)[C@@]1(CCCC(=O)NC(C)C(N)=O)CCN(CC3CC3)C(C2)[C@@H]1C. The van der Waals surface area contributed by atoms with Crippen LogP contribution in [0.1, 0.15) is 63.5 Å². The van der Waals surface area contributed by atoms with Crippen molar-refractivity contribution < 1.29 is 14.3 Å². The number of amides is 2. The summed E-state index contributed by atoms with van der Waals surface area (Å²) in [5, 5.41) is 2.71. The maximum absolute atomic E-state index is 12.3. The molecule has 2 amide bonds. The van der Waals surface area contributed by atoms with Crippen LogP contribution in [0.15, 0.2) is 18.2 Å². The van der Waals surface area contributed by atoms with E-state index in [0.29, 0.717) is 18.4 Å². The van der Waals surface area contributed by atoms with Gasteiger partial charge in [0.25, 0.3) is 0 Å². The lowest BCUT2D eigenvalue weighted by molar-refractivity contribution is -0.127. The lowest BCUT2D eigenvalue weighted by atomic mass is 9.56. The monoisotopic (exact) mass is 427 g/mol.